The molecule has 1 saturated heterocycles. The van der Waals surface area contributed by atoms with Crippen molar-refractivity contribution in [2.45, 2.75) is 37.9 Å². The molecule has 1 aromatic heterocycles. The van der Waals surface area contributed by atoms with Crippen molar-refractivity contribution in [3.63, 3.8) is 0 Å². The number of nitrogens with zero attached hydrogens (tertiary/aromatic N) is 3. The van der Waals surface area contributed by atoms with Crippen molar-refractivity contribution in [3.05, 3.63) is 71.4 Å². The largest absolute Gasteiger partial charge is 0.416 e. The van der Waals surface area contributed by atoms with Gasteiger partial charge in [0.25, 0.3) is 0 Å². The van der Waals surface area contributed by atoms with E-state index in [-0.39, 0.29) is 42.6 Å². The summed E-state index contributed by atoms with van der Waals surface area (Å²) in [6.45, 7) is 0.555. The van der Waals surface area contributed by atoms with Gasteiger partial charge in [0, 0.05) is 37.9 Å². The predicted molar refractivity (Wildman–Crippen MR) is 116 cm³/mol. The number of amides is 2. The van der Waals surface area contributed by atoms with E-state index in [1.165, 1.54) is 41.3 Å². The van der Waals surface area contributed by atoms with Gasteiger partial charge in [0.15, 0.2) is 0 Å². The molecule has 1 atom stereocenters. The van der Waals surface area contributed by atoms with Crippen LogP contribution in [0.5, 0.6) is 0 Å². The Balaban J connectivity index is 1.43. The molecule has 3 aromatic rings. The van der Waals surface area contributed by atoms with Crippen LogP contribution in [0.25, 0.3) is 11.4 Å². The SMILES string of the molecule is O=C(CCc1nc(-c2ccc(F)cc2)no1)N[C@H](CN1CCCC1=O)c1cccc(C(F)(F)F)c1. The Morgan fingerprint density at radius 3 is 2.63 bits per heavy atom. The predicted octanol–water partition coefficient (Wildman–Crippen LogP) is 4.31. The Morgan fingerprint density at radius 2 is 1.94 bits per heavy atom. The first-order valence-corrected chi connectivity index (χ1v) is 11.0. The molecule has 0 bridgehead atoms. The van der Waals surface area contributed by atoms with E-state index in [1.807, 2.05) is 0 Å². The van der Waals surface area contributed by atoms with Crippen molar-refractivity contribution in [1.82, 2.24) is 20.4 Å². The maximum Gasteiger partial charge on any atom is 0.416 e. The molecule has 0 spiro atoms. The van der Waals surface area contributed by atoms with Gasteiger partial charge in [-0.05, 0) is 48.4 Å². The van der Waals surface area contributed by atoms with Gasteiger partial charge in [0.2, 0.25) is 23.5 Å². The minimum atomic E-state index is -4.53. The molecule has 4 rings (SSSR count). The van der Waals surface area contributed by atoms with Crippen LogP contribution in [0.4, 0.5) is 17.6 Å². The van der Waals surface area contributed by atoms with Crippen LogP contribution >= 0.6 is 0 Å². The smallest absolute Gasteiger partial charge is 0.347 e. The van der Waals surface area contributed by atoms with Gasteiger partial charge in [0.1, 0.15) is 5.82 Å². The summed E-state index contributed by atoms with van der Waals surface area (Å²) >= 11 is 0. The molecule has 11 heteroatoms. The summed E-state index contributed by atoms with van der Waals surface area (Å²) in [4.78, 5) is 30.5. The monoisotopic (exact) mass is 490 g/mol. The number of aryl methyl sites for hydroxylation is 1. The number of aromatic nitrogens is 2. The second kappa shape index (κ2) is 10.2. The highest BCUT2D eigenvalue weighted by Gasteiger charge is 2.32. The number of alkyl halides is 3. The second-order valence-electron chi connectivity index (χ2n) is 8.21. The van der Waals surface area contributed by atoms with Gasteiger partial charge >= 0.3 is 6.18 Å². The van der Waals surface area contributed by atoms with Gasteiger partial charge in [-0.1, -0.05) is 17.3 Å². The van der Waals surface area contributed by atoms with Crippen molar-refractivity contribution in [2.75, 3.05) is 13.1 Å². The maximum atomic E-state index is 13.2. The summed E-state index contributed by atoms with van der Waals surface area (Å²) in [5.74, 6) is -0.518. The van der Waals surface area contributed by atoms with E-state index in [0.29, 0.717) is 24.9 Å². The van der Waals surface area contributed by atoms with Crippen LogP contribution in [0.3, 0.4) is 0 Å². The highest BCUT2D eigenvalue weighted by Crippen LogP contribution is 2.31. The first-order chi connectivity index (χ1) is 16.7. The van der Waals surface area contributed by atoms with Crippen LogP contribution in [-0.2, 0) is 22.2 Å². The second-order valence-corrected chi connectivity index (χ2v) is 8.21. The van der Waals surface area contributed by atoms with E-state index in [2.05, 4.69) is 15.5 Å². The van der Waals surface area contributed by atoms with E-state index < -0.39 is 29.5 Å². The highest BCUT2D eigenvalue weighted by molar-refractivity contribution is 5.79. The summed E-state index contributed by atoms with van der Waals surface area (Å²) < 4.78 is 57.9. The van der Waals surface area contributed by atoms with E-state index in [1.54, 1.807) is 0 Å². The van der Waals surface area contributed by atoms with Gasteiger partial charge in [0.05, 0.1) is 11.6 Å². The average molecular weight is 490 g/mol. The molecule has 1 aliphatic heterocycles. The molecule has 2 aromatic carbocycles. The molecule has 35 heavy (non-hydrogen) atoms. The third kappa shape index (κ3) is 6.23. The Labute approximate surface area is 198 Å². The number of hydrogen-bond acceptors (Lipinski definition) is 5. The fraction of sp³-hybridized carbons (Fsp3) is 0.333. The van der Waals surface area contributed by atoms with Gasteiger partial charge < -0.3 is 14.7 Å². The summed E-state index contributed by atoms with van der Waals surface area (Å²) in [6, 6.07) is 9.41. The number of carbonyl (C=O) groups excluding carboxylic acids is 2. The molecule has 0 aliphatic carbocycles. The fourth-order valence-electron chi connectivity index (χ4n) is 3.84. The molecule has 0 saturated carbocycles. The lowest BCUT2D eigenvalue weighted by atomic mass is 10.0. The number of likely N-dealkylation sites (tertiary alicyclic amines) is 1. The first kappa shape index (κ1) is 24.4. The van der Waals surface area contributed by atoms with Crippen molar-refractivity contribution >= 4 is 11.8 Å². The van der Waals surface area contributed by atoms with Crippen LogP contribution in [0.1, 0.15) is 42.3 Å². The number of rotatable bonds is 8. The molecule has 7 nitrogen and oxygen atoms in total. The Hall–Kier alpha value is -3.76. The summed E-state index contributed by atoms with van der Waals surface area (Å²) in [5, 5.41) is 6.56. The third-order valence-electron chi connectivity index (χ3n) is 5.66. The molecule has 2 heterocycles. The van der Waals surface area contributed by atoms with E-state index >= 15 is 0 Å². The van der Waals surface area contributed by atoms with E-state index in [4.69, 9.17) is 4.52 Å². The van der Waals surface area contributed by atoms with Crippen LogP contribution in [0.2, 0.25) is 0 Å². The van der Waals surface area contributed by atoms with Crippen LogP contribution in [0.15, 0.2) is 53.1 Å². The summed E-state index contributed by atoms with van der Waals surface area (Å²) in [5.41, 5.74) is -0.0313. The zero-order valence-corrected chi connectivity index (χ0v) is 18.5. The number of benzene rings is 2. The van der Waals surface area contributed by atoms with Crippen molar-refractivity contribution < 1.29 is 31.7 Å². The summed E-state index contributed by atoms with van der Waals surface area (Å²) in [6.07, 6.45) is -3.47. The van der Waals surface area contributed by atoms with Gasteiger partial charge in [-0.2, -0.15) is 18.2 Å². The van der Waals surface area contributed by atoms with Crippen LogP contribution in [-0.4, -0.2) is 39.9 Å². The standard InChI is InChI=1S/C24H22F4N4O3/c25-18-8-6-15(7-9-18)23-30-21(35-31-23)11-10-20(33)29-19(14-32-12-2-5-22(32)34)16-3-1-4-17(13-16)24(26,27)28/h1,3-4,6-9,13,19H,2,5,10-12,14H2,(H,29,33)/t19-/m1/s1. The zero-order chi connectivity index (χ0) is 25.0. The molecule has 1 aliphatic rings. The van der Waals surface area contributed by atoms with E-state index in [0.717, 1.165) is 12.1 Å². The minimum absolute atomic E-state index is 0.0611. The lowest BCUT2D eigenvalue weighted by Crippen LogP contribution is -2.38. The first-order valence-electron chi connectivity index (χ1n) is 11.0. The lowest BCUT2D eigenvalue weighted by molar-refractivity contribution is -0.137. The highest BCUT2D eigenvalue weighted by atomic mass is 19.4. The molecule has 1 N–H and O–H groups in total. The van der Waals surface area contributed by atoms with Crippen LogP contribution < -0.4 is 5.32 Å². The van der Waals surface area contributed by atoms with Crippen LogP contribution in [0, 0.1) is 5.82 Å². The molecule has 0 unspecified atom stereocenters. The molecule has 184 valence electrons. The van der Waals surface area contributed by atoms with Crippen molar-refractivity contribution in [2.24, 2.45) is 0 Å². The Bertz CT molecular complexity index is 1190. The maximum absolute atomic E-state index is 13.2. The van der Waals surface area contributed by atoms with E-state index in [9.17, 15) is 27.2 Å². The molecular formula is C24H22F4N4O3. The third-order valence-corrected chi connectivity index (χ3v) is 5.66. The van der Waals surface area contributed by atoms with Gasteiger partial charge in [-0.15, -0.1) is 0 Å². The molecular weight excluding hydrogens is 468 g/mol. The molecule has 1 fully saturated rings. The number of carbonyl (C=O) groups is 2. The minimum Gasteiger partial charge on any atom is -0.347 e. The fourth-order valence-corrected chi connectivity index (χ4v) is 3.84. The number of nitrogens with one attached hydrogen (secondary N) is 1. The number of halogens is 4. The van der Waals surface area contributed by atoms with Crippen molar-refractivity contribution in [1.29, 1.82) is 0 Å². The van der Waals surface area contributed by atoms with Crippen molar-refractivity contribution in [3.8, 4) is 11.4 Å². The Kier molecular flexibility index (Phi) is 7.13. The summed E-state index contributed by atoms with van der Waals surface area (Å²) in [7, 11) is 0. The number of hydrogen-bond donors (Lipinski definition) is 1. The topological polar surface area (TPSA) is 88.3 Å². The molecule has 0 radical (unpaired) electrons. The zero-order valence-electron chi connectivity index (χ0n) is 18.5. The van der Waals surface area contributed by atoms with Gasteiger partial charge in [-0.25, -0.2) is 4.39 Å². The molecule has 2 amide bonds. The normalized spacial score (nSPS) is 14.9. The Morgan fingerprint density at radius 1 is 1.17 bits per heavy atom. The quantitative estimate of drug-likeness (QED) is 0.476. The average Bonchev–Trinajstić information content (AvgIpc) is 3.46. The lowest BCUT2D eigenvalue weighted by Gasteiger charge is -2.25. The van der Waals surface area contributed by atoms with Gasteiger partial charge in [-0.3, -0.25) is 9.59 Å².